The van der Waals surface area contributed by atoms with Crippen LogP contribution in [0.1, 0.15) is 23.1 Å². The van der Waals surface area contributed by atoms with E-state index in [4.69, 9.17) is 4.52 Å². The molecule has 2 heterocycles. The summed E-state index contributed by atoms with van der Waals surface area (Å²) in [7, 11) is 0. The van der Waals surface area contributed by atoms with Gasteiger partial charge in [-0.05, 0) is 43.0 Å². The number of aromatic nitrogens is 2. The normalized spacial score (nSPS) is 12.1. The molecule has 0 atom stereocenters. The lowest BCUT2D eigenvalue weighted by molar-refractivity contribution is -0.185. The van der Waals surface area contributed by atoms with Crippen LogP contribution in [-0.2, 0) is 23.8 Å². The first kappa shape index (κ1) is 24.3. The maximum absolute atomic E-state index is 13.0. The lowest BCUT2D eigenvalue weighted by Gasteiger charge is -2.23. The van der Waals surface area contributed by atoms with E-state index in [1.54, 1.807) is 12.1 Å². The van der Waals surface area contributed by atoms with Gasteiger partial charge < -0.3 is 9.42 Å². The van der Waals surface area contributed by atoms with Crippen LogP contribution in [0, 0.1) is 0 Å². The molecule has 5 nitrogen and oxygen atoms in total. The number of aryl methyl sites for hydroxylation is 1. The van der Waals surface area contributed by atoms with E-state index in [1.807, 2.05) is 0 Å². The van der Waals surface area contributed by atoms with E-state index in [1.165, 1.54) is 30.7 Å². The summed E-state index contributed by atoms with van der Waals surface area (Å²) in [4.78, 5) is 16.5. The summed E-state index contributed by atoms with van der Waals surface area (Å²) in [5.74, 6) is -1.70. The minimum atomic E-state index is -5.00. The largest absolute Gasteiger partial charge is 0.471 e. The van der Waals surface area contributed by atoms with E-state index >= 15 is 0 Å². The van der Waals surface area contributed by atoms with Crippen LogP contribution >= 0.6 is 0 Å². The van der Waals surface area contributed by atoms with Crippen molar-refractivity contribution >= 4 is 5.91 Å². The Labute approximate surface area is 185 Å². The number of rotatable bonds is 8. The Kier molecular flexibility index (Phi) is 7.39. The van der Waals surface area contributed by atoms with Crippen molar-refractivity contribution in [1.29, 1.82) is 0 Å². The molecular formula is C22H19F6N3O2. The molecule has 176 valence electrons. The van der Waals surface area contributed by atoms with Crippen LogP contribution < -0.4 is 0 Å². The summed E-state index contributed by atoms with van der Waals surface area (Å²) >= 11 is 0. The zero-order chi connectivity index (χ0) is 24.1. The van der Waals surface area contributed by atoms with E-state index < -0.39 is 23.8 Å². The van der Waals surface area contributed by atoms with Gasteiger partial charge in [0.15, 0.2) is 5.76 Å². The van der Waals surface area contributed by atoms with Gasteiger partial charge in [0.1, 0.15) is 0 Å². The summed E-state index contributed by atoms with van der Waals surface area (Å²) in [6, 6.07) is 7.64. The molecule has 3 aromatic rings. The molecule has 0 bridgehead atoms. The lowest BCUT2D eigenvalue weighted by atomic mass is 10.0. The van der Waals surface area contributed by atoms with Gasteiger partial charge in [0, 0.05) is 36.6 Å². The van der Waals surface area contributed by atoms with Gasteiger partial charge in [-0.25, -0.2) is 0 Å². The van der Waals surface area contributed by atoms with Gasteiger partial charge in [-0.1, -0.05) is 23.4 Å². The topological polar surface area (TPSA) is 59.2 Å². The summed E-state index contributed by atoms with van der Waals surface area (Å²) in [5.41, 5.74) is 0.750. The molecule has 0 aliphatic rings. The molecule has 0 aliphatic carbocycles. The SMILES string of the molecule is O=C(N(CCCc1cnoc1-c1ccc(C(F)(F)F)cc1)CCc1cccnc1)C(F)(F)F. The highest BCUT2D eigenvalue weighted by Gasteiger charge is 2.42. The third-order valence-corrected chi connectivity index (χ3v) is 4.92. The molecule has 2 aromatic heterocycles. The van der Waals surface area contributed by atoms with E-state index in [-0.39, 0.29) is 38.1 Å². The number of pyridine rings is 1. The van der Waals surface area contributed by atoms with Crippen LogP contribution in [0.2, 0.25) is 0 Å². The van der Waals surface area contributed by atoms with Gasteiger partial charge in [-0.2, -0.15) is 26.3 Å². The maximum Gasteiger partial charge on any atom is 0.471 e. The number of benzene rings is 1. The molecule has 0 saturated carbocycles. The summed E-state index contributed by atoms with van der Waals surface area (Å²) in [6.07, 6.45) is -4.47. The van der Waals surface area contributed by atoms with Crippen molar-refractivity contribution in [1.82, 2.24) is 15.0 Å². The fraction of sp³-hybridized carbons (Fsp3) is 0.318. The van der Waals surface area contributed by atoms with Crippen molar-refractivity contribution in [2.45, 2.75) is 31.6 Å². The molecule has 33 heavy (non-hydrogen) atoms. The van der Waals surface area contributed by atoms with E-state index in [0.717, 1.165) is 17.0 Å². The van der Waals surface area contributed by atoms with Crippen molar-refractivity contribution in [3.63, 3.8) is 0 Å². The van der Waals surface area contributed by atoms with Crippen molar-refractivity contribution in [3.8, 4) is 11.3 Å². The summed E-state index contributed by atoms with van der Waals surface area (Å²) < 4.78 is 82.5. The van der Waals surface area contributed by atoms with Crippen LogP contribution in [0.5, 0.6) is 0 Å². The smallest absolute Gasteiger partial charge is 0.356 e. The summed E-state index contributed by atoms with van der Waals surface area (Å²) in [5, 5.41) is 3.65. The van der Waals surface area contributed by atoms with E-state index in [2.05, 4.69) is 10.1 Å². The number of nitrogens with zero attached hydrogens (tertiary/aromatic N) is 3. The van der Waals surface area contributed by atoms with Gasteiger partial charge >= 0.3 is 18.3 Å². The predicted octanol–water partition coefficient (Wildman–Crippen LogP) is 5.32. The Hall–Kier alpha value is -3.37. The molecule has 0 saturated heterocycles. The Morgan fingerprint density at radius 1 is 0.939 bits per heavy atom. The molecule has 1 aromatic carbocycles. The van der Waals surface area contributed by atoms with Gasteiger partial charge in [0.05, 0.1) is 11.8 Å². The molecule has 0 unspecified atom stereocenters. The maximum atomic E-state index is 13.0. The molecular weight excluding hydrogens is 452 g/mol. The van der Waals surface area contributed by atoms with Crippen molar-refractivity contribution < 1.29 is 35.7 Å². The first-order valence-corrected chi connectivity index (χ1v) is 9.92. The third kappa shape index (κ3) is 6.56. The fourth-order valence-corrected chi connectivity index (χ4v) is 3.25. The fourth-order valence-electron chi connectivity index (χ4n) is 3.25. The van der Waals surface area contributed by atoms with Gasteiger partial charge in [-0.3, -0.25) is 9.78 Å². The number of alkyl halides is 6. The highest BCUT2D eigenvalue weighted by molar-refractivity contribution is 5.81. The number of amides is 1. The monoisotopic (exact) mass is 471 g/mol. The predicted molar refractivity (Wildman–Crippen MR) is 106 cm³/mol. The number of halogens is 6. The quantitative estimate of drug-likeness (QED) is 0.417. The Bertz CT molecular complexity index is 1050. The van der Waals surface area contributed by atoms with Gasteiger partial charge in [0.2, 0.25) is 0 Å². The number of hydrogen-bond donors (Lipinski definition) is 0. The molecule has 0 radical (unpaired) electrons. The van der Waals surface area contributed by atoms with Crippen LogP contribution in [0.15, 0.2) is 59.5 Å². The van der Waals surface area contributed by atoms with Crippen molar-refractivity contribution in [2.24, 2.45) is 0 Å². The minimum Gasteiger partial charge on any atom is -0.356 e. The van der Waals surface area contributed by atoms with Crippen molar-refractivity contribution in [2.75, 3.05) is 13.1 Å². The first-order chi connectivity index (χ1) is 15.6. The molecule has 0 fully saturated rings. The molecule has 1 amide bonds. The summed E-state index contributed by atoms with van der Waals surface area (Å²) in [6.45, 7) is -0.310. The van der Waals surface area contributed by atoms with Crippen LogP contribution in [-0.4, -0.2) is 40.2 Å². The standard InChI is InChI=1S/C22H19F6N3O2/c23-21(24,25)18-7-5-16(6-8-18)19-17(14-30-33-19)4-2-11-31(20(32)22(26,27)28)12-9-15-3-1-10-29-13-15/h1,3,5-8,10,13-14H,2,4,9,11-12H2. The Morgan fingerprint density at radius 3 is 2.27 bits per heavy atom. The first-order valence-electron chi connectivity index (χ1n) is 9.92. The van der Waals surface area contributed by atoms with Crippen LogP contribution in [0.3, 0.4) is 0 Å². The second kappa shape index (κ2) is 10.1. The molecule has 11 heteroatoms. The Balaban J connectivity index is 1.65. The number of carbonyl (C=O) groups excluding carboxylic acids is 1. The highest BCUT2D eigenvalue weighted by Crippen LogP contribution is 2.32. The van der Waals surface area contributed by atoms with Gasteiger partial charge in [-0.15, -0.1) is 0 Å². The van der Waals surface area contributed by atoms with Gasteiger partial charge in [0.25, 0.3) is 0 Å². The highest BCUT2D eigenvalue weighted by atomic mass is 19.4. The minimum absolute atomic E-state index is 0.139. The zero-order valence-corrected chi connectivity index (χ0v) is 17.2. The average molecular weight is 471 g/mol. The second-order valence-electron chi connectivity index (χ2n) is 7.26. The Morgan fingerprint density at radius 2 is 1.67 bits per heavy atom. The molecule has 0 spiro atoms. The van der Waals surface area contributed by atoms with E-state index in [0.29, 0.717) is 16.7 Å². The van der Waals surface area contributed by atoms with Crippen molar-refractivity contribution in [3.05, 3.63) is 71.7 Å². The zero-order valence-electron chi connectivity index (χ0n) is 17.2. The lowest BCUT2D eigenvalue weighted by Crippen LogP contribution is -2.42. The number of carbonyl (C=O) groups is 1. The third-order valence-electron chi connectivity index (χ3n) is 4.92. The molecule has 0 N–H and O–H groups in total. The van der Waals surface area contributed by atoms with Crippen LogP contribution in [0.25, 0.3) is 11.3 Å². The van der Waals surface area contributed by atoms with E-state index in [9.17, 15) is 31.1 Å². The second-order valence-corrected chi connectivity index (χ2v) is 7.26. The average Bonchev–Trinajstić information content (AvgIpc) is 3.23. The number of hydrogen-bond acceptors (Lipinski definition) is 4. The molecule has 3 rings (SSSR count). The van der Waals surface area contributed by atoms with Crippen LogP contribution in [0.4, 0.5) is 26.3 Å². The molecule has 0 aliphatic heterocycles.